The Labute approximate surface area is 249 Å². The molecule has 2 aliphatic heterocycles. The van der Waals surface area contributed by atoms with E-state index in [2.05, 4.69) is 31.0 Å². The molecule has 1 saturated carbocycles. The van der Waals surface area contributed by atoms with Crippen molar-refractivity contribution >= 4 is 23.9 Å². The van der Waals surface area contributed by atoms with Crippen LogP contribution in [0.2, 0.25) is 0 Å². The Morgan fingerprint density at radius 2 is 2.02 bits per heavy atom. The average Bonchev–Trinajstić information content (AvgIpc) is 3.28. The summed E-state index contributed by atoms with van der Waals surface area (Å²) in [5, 5.41) is 28.3. The highest BCUT2D eigenvalue weighted by atomic mass is 16.6. The summed E-state index contributed by atoms with van der Waals surface area (Å²) in [5.74, 6) is -2.13. The molecule has 230 valence electrons. The quantitative estimate of drug-likeness (QED) is 0.444. The van der Waals surface area contributed by atoms with Crippen LogP contribution in [0.4, 0.5) is 4.79 Å². The van der Waals surface area contributed by atoms with Crippen LogP contribution in [0.3, 0.4) is 0 Å². The van der Waals surface area contributed by atoms with Gasteiger partial charge in [-0.15, -0.1) is 10.2 Å². The highest BCUT2D eigenvalue weighted by Gasteiger charge is 2.61. The second kappa shape index (κ2) is 12.1. The molecule has 14 nitrogen and oxygen atoms in total. The molecular formula is C29H38N8O6. The van der Waals surface area contributed by atoms with Crippen LogP contribution in [0.1, 0.15) is 71.8 Å². The standard InChI is InChI=1S/C29H38N8O6/c1-28(2,3)43-27(42)31-21-12-8-6-4-5-7-11-19-15-29(19,26(40)41)32-24(38)22-14-20(17-36(22)25(21)39)37-34-23(33-35-37)18-10-9-13-30-16-18/h7,9-11,13,16,19-22H,4-6,8,12,14-15,17H2,1-3H3,(H,31,42)(H,32,38)(H,40,41)/b11-7-/t19-,20+,21+,22+,29+/m1/s1. The van der Waals surface area contributed by atoms with E-state index in [1.54, 1.807) is 45.3 Å². The Bertz CT molecular complexity index is 1390. The van der Waals surface area contributed by atoms with Crippen LogP contribution >= 0.6 is 0 Å². The van der Waals surface area contributed by atoms with Gasteiger partial charge in [-0.1, -0.05) is 25.0 Å². The van der Waals surface area contributed by atoms with Gasteiger partial charge in [0.1, 0.15) is 23.2 Å². The first-order chi connectivity index (χ1) is 20.5. The van der Waals surface area contributed by atoms with Crippen molar-refractivity contribution < 1.29 is 29.0 Å². The van der Waals surface area contributed by atoms with Gasteiger partial charge in [0.05, 0.1) is 6.04 Å². The lowest BCUT2D eigenvalue weighted by Crippen LogP contribution is -2.56. The van der Waals surface area contributed by atoms with Crippen molar-refractivity contribution in [1.29, 1.82) is 0 Å². The third kappa shape index (κ3) is 6.83. The van der Waals surface area contributed by atoms with Gasteiger partial charge >= 0.3 is 12.1 Å². The number of amides is 3. The van der Waals surface area contributed by atoms with Crippen LogP contribution in [0.15, 0.2) is 36.7 Å². The molecule has 3 N–H and O–H groups in total. The van der Waals surface area contributed by atoms with Crippen molar-refractivity contribution in [3.63, 3.8) is 0 Å². The zero-order chi connectivity index (χ0) is 30.8. The first-order valence-corrected chi connectivity index (χ1v) is 14.7. The molecule has 1 saturated heterocycles. The van der Waals surface area contributed by atoms with Crippen molar-refractivity contribution in [3.05, 3.63) is 36.7 Å². The minimum atomic E-state index is -1.42. The van der Waals surface area contributed by atoms with E-state index in [9.17, 15) is 24.3 Å². The predicted molar refractivity (Wildman–Crippen MR) is 152 cm³/mol. The fraction of sp³-hybridized carbons (Fsp3) is 0.586. The third-order valence-electron chi connectivity index (χ3n) is 8.00. The molecule has 4 heterocycles. The van der Waals surface area contributed by atoms with Crippen molar-refractivity contribution in [1.82, 2.24) is 40.7 Å². The molecule has 5 rings (SSSR count). The summed E-state index contributed by atoms with van der Waals surface area (Å²) in [6, 6.07) is 1.07. The number of ether oxygens (including phenoxy) is 1. The molecule has 2 aromatic rings. The Kier molecular flexibility index (Phi) is 8.47. The number of hydrogen-bond acceptors (Lipinski definition) is 9. The maximum Gasteiger partial charge on any atom is 0.408 e. The minimum Gasteiger partial charge on any atom is -0.479 e. The fourth-order valence-corrected chi connectivity index (χ4v) is 5.69. The van der Waals surface area contributed by atoms with Gasteiger partial charge in [0.15, 0.2) is 0 Å². The zero-order valence-electron chi connectivity index (χ0n) is 24.6. The largest absolute Gasteiger partial charge is 0.479 e. The first kappa shape index (κ1) is 30.1. The second-order valence-corrected chi connectivity index (χ2v) is 12.4. The number of aliphatic carboxylic acids is 1. The van der Waals surface area contributed by atoms with Gasteiger partial charge in [0.25, 0.3) is 0 Å². The molecule has 0 unspecified atom stereocenters. The molecule has 0 radical (unpaired) electrons. The molecule has 0 aromatic carbocycles. The van der Waals surface area contributed by atoms with E-state index in [0.29, 0.717) is 24.2 Å². The molecule has 0 spiro atoms. The van der Waals surface area contributed by atoms with Gasteiger partial charge in [-0.3, -0.25) is 14.6 Å². The number of carbonyl (C=O) groups is 4. The van der Waals surface area contributed by atoms with Crippen molar-refractivity contribution in [2.24, 2.45) is 5.92 Å². The average molecular weight is 595 g/mol. The Morgan fingerprint density at radius 1 is 1.21 bits per heavy atom. The van der Waals surface area contributed by atoms with Gasteiger partial charge < -0.3 is 25.4 Å². The Morgan fingerprint density at radius 3 is 2.74 bits per heavy atom. The van der Waals surface area contributed by atoms with E-state index in [4.69, 9.17) is 4.74 Å². The summed E-state index contributed by atoms with van der Waals surface area (Å²) in [6.45, 7) is 5.27. The summed E-state index contributed by atoms with van der Waals surface area (Å²) in [5.41, 5.74) is -1.53. The number of rotatable bonds is 4. The highest BCUT2D eigenvalue weighted by Crippen LogP contribution is 2.45. The number of hydrogen-bond donors (Lipinski definition) is 3. The number of allylic oxidation sites excluding steroid dienone is 1. The number of pyridine rings is 1. The van der Waals surface area contributed by atoms with Crippen molar-refractivity contribution in [3.8, 4) is 11.4 Å². The number of nitrogens with one attached hydrogen (secondary N) is 2. The Hall–Kier alpha value is -4.36. The summed E-state index contributed by atoms with van der Waals surface area (Å²) in [6.07, 6.45) is 10.2. The topological polar surface area (TPSA) is 182 Å². The highest BCUT2D eigenvalue weighted by molar-refractivity contribution is 5.96. The molecule has 14 heteroatoms. The van der Waals surface area contributed by atoms with Crippen molar-refractivity contribution in [2.45, 2.75) is 95.0 Å². The van der Waals surface area contributed by atoms with Gasteiger partial charge in [-0.05, 0) is 63.8 Å². The second-order valence-electron chi connectivity index (χ2n) is 12.4. The maximum atomic E-state index is 14.1. The summed E-state index contributed by atoms with van der Waals surface area (Å²) in [4.78, 5) is 59.8. The van der Waals surface area contributed by atoms with Crippen LogP contribution in [-0.4, -0.2) is 88.8 Å². The van der Waals surface area contributed by atoms with E-state index in [1.807, 2.05) is 12.2 Å². The lowest BCUT2D eigenvalue weighted by molar-refractivity contribution is -0.145. The molecule has 2 aromatic heterocycles. The van der Waals surface area contributed by atoms with Gasteiger partial charge in [0, 0.05) is 36.8 Å². The van der Waals surface area contributed by atoms with Crippen LogP contribution in [0.25, 0.3) is 11.4 Å². The van der Waals surface area contributed by atoms with E-state index in [0.717, 1.165) is 19.3 Å². The number of carboxylic acid groups (broad SMARTS) is 1. The maximum absolute atomic E-state index is 14.1. The molecular weight excluding hydrogens is 556 g/mol. The lowest BCUT2D eigenvalue weighted by Gasteiger charge is -2.30. The van der Waals surface area contributed by atoms with Crippen LogP contribution < -0.4 is 10.6 Å². The molecule has 5 atom stereocenters. The fourth-order valence-electron chi connectivity index (χ4n) is 5.69. The lowest BCUT2D eigenvalue weighted by atomic mass is 10.0. The first-order valence-electron chi connectivity index (χ1n) is 14.7. The van der Waals surface area contributed by atoms with E-state index < -0.39 is 53.1 Å². The van der Waals surface area contributed by atoms with Gasteiger partial charge in [-0.25, -0.2) is 9.59 Å². The number of carboxylic acids is 1. The normalized spacial score (nSPS) is 28.9. The number of fused-ring (bicyclic) bond motifs is 2. The molecule has 0 bridgehead atoms. The molecule has 43 heavy (non-hydrogen) atoms. The number of tetrazole rings is 1. The summed E-state index contributed by atoms with van der Waals surface area (Å²) < 4.78 is 5.43. The molecule has 3 aliphatic rings. The summed E-state index contributed by atoms with van der Waals surface area (Å²) >= 11 is 0. The smallest absolute Gasteiger partial charge is 0.408 e. The van der Waals surface area contributed by atoms with Gasteiger partial charge in [0.2, 0.25) is 17.6 Å². The zero-order valence-corrected chi connectivity index (χ0v) is 24.6. The third-order valence-corrected chi connectivity index (χ3v) is 8.00. The van der Waals surface area contributed by atoms with Crippen molar-refractivity contribution in [2.75, 3.05) is 6.54 Å². The van der Waals surface area contributed by atoms with Crippen LogP contribution in [0.5, 0.6) is 0 Å². The number of alkyl carbamates (subject to hydrolysis) is 1. The SMILES string of the molecule is CC(C)(C)OC(=O)N[C@H]1CCCCC/C=C\[C@@H]2C[C@]2(C(=O)O)NC(=O)[C@@H]2C[C@H](n3nnc(-c4cccnc4)n3)CN2C1=O. The monoisotopic (exact) mass is 594 g/mol. The number of carbonyl (C=O) groups excluding carboxylic acids is 3. The molecule has 2 fully saturated rings. The van der Waals surface area contributed by atoms with E-state index in [1.165, 1.54) is 9.70 Å². The molecule has 3 amide bonds. The van der Waals surface area contributed by atoms with Crippen LogP contribution in [-0.2, 0) is 19.1 Å². The predicted octanol–water partition coefficient (Wildman–Crippen LogP) is 2.25. The molecule has 1 aliphatic carbocycles. The summed E-state index contributed by atoms with van der Waals surface area (Å²) in [7, 11) is 0. The number of nitrogens with zero attached hydrogens (tertiary/aromatic N) is 6. The number of aromatic nitrogens is 5. The Balaban J connectivity index is 1.44. The van der Waals surface area contributed by atoms with Crippen LogP contribution in [0, 0.1) is 5.92 Å². The van der Waals surface area contributed by atoms with Gasteiger partial charge in [-0.2, -0.15) is 4.80 Å². The minimum absolute atomic E-state index is 0.0651. The van der Waals surface area contributed by atoms with E-state index >= 15 is 0 Å². The van der Waals surface area contributed by atoms with E-state index in [-0.39, 0.29) is 25.3 Å².